The van der Waals surface area contributed by atoms with E-state index < -0.39 is 0 Å². The van der Waals surface area contributed by atoms with Gasteiger partial charge in [-0.15, -0.1) is 0 Å². The third kappa shape index (κ3) is 5.14. The predicted molar refractivity (Wildman–Crippen MR) is 150 cm³/mol. The van der Waals surface area contributed by atoms with E-state index >= 15 is 0 Å². The molecule has 10 heteroatoms. The number of thioether (sulfide) groups is 1. The molecule has 1 aromatic carbocycles. The molecule has 0 saturated carbocycles. The minimum Gasteiger partial charge on any atom is -0.497 e. The van der Waals surface area contributed by atoms with E-state index in [9.17, 15) is 9.59 Å². The van der Waals surface area contributed by atoms with Crippen LogP contribution >= 0.6 is 24.0 Å². The van der Waals surface area contributed by atoms with E-state index in [4.69, 9.17) is 26.7 Å². The lowest BCUT2D eigenvalue weighted by Crippen LogP contribution is -2.46. The van der Waals surface area contributed by atoms with Gasteiger partial charge in [-0.3, -0.25) is 18.9 Å². The van der Waals surface area contributed by atoms with Crippen LogP contribution < -0.4 is 15.2 Å². The Morgan fingerprint density at radius 2 is 1.84 bits per heavy atom. The summed E-state index contributed by atoms with van der Waals surface area (Å²) in [5, 5.41) is 0. The number of hydrogen-bond donors (Lipinski definition) is 0. The van der Waals surface area contributed by atoms with Crippen LogP contribution in [0.2, 0.25) is 0 Å². The fourth-order valence-corrected chi connectivity index (χ4v) is 5.88. The molecule has 0 bridgehead atoms. The molecule has 3 aromatic rings. The Labute approximate surface area is 224 Å². The van der Waals surface area contributed by atoms with E-state index in [2.05, 4.69) is 4.90 Å². The highest BCUT2D eigenvalue weighted by molar-refractivity contribution is 8.26. The van der Waals surface area contributed by atoms with Gasteiger partial charge in [0.05, 0.1) is 36.3 Å². The van der Waals surface area contributed by atoms with Crippen molar-refractivity contribution in [2.45, 2.75) is 39.5 Å². The maximum absolute atomic E-state index is 13.8. The van der Waals surface area contributed by atoms with Crippen LogP contribution in [0.3, 0.4) is 0 Å². The topological polar surface area (TPSA) is 76.4 Å². The van der Waals surface area contributed by atoms with Crippen LogP contribution in [0.4, 0.5) is 5.82 Å². The largest absolute Gasteiger partial charge is 0.497 e. The third-order valence-electron chi connectivity index (χ3n) is 6.35. The number of carbonyl (C=O) groups is 1. The van der Waals surface area contributed by atoms with Crippen LogP contribution in [0.15, 0.2) is 52.3 Å². The number of aromatic nitrogens is 2. The Hall–Kier alpha value is -3.21. The first kappa shape index (κ1) is 25.4. The van der Waals surface area contributed by atoms with Crippen molar-refractivity contribution in [3.63, 3.8) is 0 Å². The summed E-state index contributed by atoms with van der Waals surface area (Å²) >= 11 is 6.75. The van der Waals surface area contributed by atoms with Crippen LogP contribution in [-0.2, 0) is 16.1 Å². The summed E-state index contributed by atoms with van der Waals surface area (Å²) in [6, 6.07) is 11.3. The van der Waals surface area contributed by atoms with Crippen molar-refractivity contribution in [1.29, 1.82) is 0 Å². The Balaban J connectivity index is 1.55. The maximum Gasteiger partial charge on any atom is 0.267 e. The highest BCUT2D eigenvalue weighted by Crippen LogP contribution is 2.35. The number of methoxy groups -OCH3 is 1. The zero-order valence-electron chi connectivity index (χ0n) is 21.1. The smallest absolute Gasteiger partial charge is 0.267 e. The fraction of sp³-hybridized carbons (Fsp3) is 0.333. The van der Waals surface area contributed by atoms with Crippen LogP contribution in [-0.4, -0.2) is 56.9 Å². The minimum atomic E-state index is -0.228. The predicted octanol–water partition coefficient (Wildman–Crippen LogP) is 4.03. The molecular formula is C27H28N4O4S2. The molecule has 0 aliphatic carbocycles. The van der Waals surface area contributed by atoms with Gasteiger partial charge in [0, 0.05) is 19.3 Å². The molecule has 2 aliphatic rings. The Bertz CT molecular complexity index is 1460. The molecule has 5 rings (SSSR count). The van der Waals surface area contributed by atoms with E-state index in [-0.39, 0.29) is 23.7 Å². The number of pyridine rings is 1. The highest BCUT2D eigenvalue weighted by atomic mass is 32.2. The number of ether oxygens (including phenoxy) is 2. The summed E-state index contributed by atoms with van der Waals surface area (Å²) in [5.74, 6) is 1.07. The molecular weight excluding hydrogens is 508 g/mol. The van der Waals surface area contributed by atoms with Crippen molar-refractivity contribution in [3.8, 4) is 5.75 Å². The van der Waals surface area contributed by atoms with Crippen molar-refractivity contribution < 1.29 is 14.3 Å². The number of amides is 1. The zero-order valence-corrected chi connectivity index (χ0v) is 22.8. The summed E-state index contributed by atoms with van der Waals surface area (Å²) in [7, 11) is 1.61. The standard InChI is InChI=1S/C27H28N4O4S2/c1-16-5-10-23-28-24(29-13-17(2)35-18(3)14-29)21(25(32)30(23)12-16)11-22-26(33)31(27(36)37-22)15-19-6-8-20(34-4)9-7-19/h5-12,17-18H,13-15H2,1-4H3/b22-11-/t17-,18-/m1/s1. The van der Waals surface area contributed by atoms with E-state index in [0.29, 0.717) is 45.9 Å². The number of thiocarbonyl (C=S) groups is 1. The quantitative estimate of drug-likeness (QED) is 0.358. The molecule has 2 atom stereocenters. The van der Waals surface area contributed by atoms with Gasteiger partial charge in [0.15, 0.2) is 0 Å². The number of fused-ring (bicyclic) bond motifs is 1. The van der Waals surface area contributed by atoms with Crippen molar-refractivity contribution in [3.05, 3.63) is 74.5 Å². The SMILES string of the molecule is COc1ccc(CN2C(=O)/C(=C/c3c(N4C[C@@H](C)O[C@H](C)C4)nc4ccc(C)cn4c3=O)SC2=S)cc1. The minimum absolute atomic E-state index is 0.0161. The first-order valence-electron chi connectivity index (χ1n) is 12.0. The number of hydrogen-bond acceptors (Lipinski definition) is 8. The lowest BCUT2D eigenvalue weighted by Gasteiger charge is -2.36. The van der Waals surface area contributed by atoms with Gasteiger partial charge < -0.3 is 14.4 Å². The van der Waals surface area contributed by atoms with Gasteiger partial charge in [0.1, 0.15) is 21.5 Å². The summed E-state index contributed by atoms with van der Waals surface area (Å²) in [6.45, 7) is 7.46. The van der Waals surface area contributed by atoms with E-state index in [1.807, 2.05) is 57.2 Å². The van der Waals surface area contributed by atoms with Crippen molar-refractivity contribution in [2.24, 2.45) is 0 Å². The number of anilines is 1. The number of benzene rings is 1. The lowest BCUT2D eigenvalue weighted by molar-refractivity contribution is -0.122. The molecule has 2 fully saturated rings. The molecule has 0 spiro atoms. The van der Waals surface area contributed by atoms with Crippen molar-refractivity contribution in [1.82, 2.24) is 14.3 Å². The molecule has 192 valence electrons. The molecule has 0 unspecified atom stereocenters. The molecule has 0 N–H and O–H groups in total. The molecule has 8 nitrogen and oxygen atoms in total. The average Bonchev–Trinajstić information content (AvgIpc) is 3.13. The summed E-state index contributed by atoms with van der Waals surface area (Å²) < 4.78 is 13.1. The number of aryl methyl sites for hydroxylation is 1. The van der Waals surface area contributed by atoms with Gasteiger partial charge in [-0.25, -0.2) is 4.98 Å². The molecule has 1 amide bonds. The van der Waals surface area contributed by atoms with Gasteiger partial charge in [-0.05, 0) is 56.2 Å². The Morgan fingerprint density at radius 3 is 2.51 bits per heavy atom. The molecule has 2 aliphatic heterocycles. The second kappa shape index (κ2) is 10.3. The lowest BCUT2D eigenvalue weighted by atomic mass is 10.1. The van der Waals surface area contributed by atoms with Crippen molar-refractivity contribution in [2.75, 3.05) is 25.1 Å². The summed E-state index contributed by atoms with van der Waals surface area (Å²) in [6.07, 6.45) is 3.39. The average molecular weight is 537 g/mol. The second-order valence-corrected chi connectivity index (χ2v) is 11.0. The molecule has 2 aromatic heterocycles. The second-order valence-electron chi connectivity index (χ2n) is 9.37. The van der Waals surface area contributed by atoms with Gasteiger partial charge in [-0.2, -0.15) is 0 Å². The first-order valence-corrected chi connectivity index (χ1v) is 13.3. The van der Waals surface area contributed by atoms with E-state index in [0.717, 1.165) is 16.9 Å². The van der Waals surface area contributed by atoms with Gasteiger partial charge in [0.2, 0.25) is 0 Å². The molecule has 0 radical (unpaired) electrons. The maximum atomic E-state index is 13.8. The van der Waals surface area contributed by atoms with Crippen molar-refractivity contribution >= 4 is 51.7 Å². The molecule has 4 heterocycles. The molecule has 2 saturated heterocycles. The zero-order chi connectivity index (χ0) is 26.3. The van der Waals surface area contributed by atoms with Crippen LogP contribution in [0.1, 0.15) is 30.5 Å². The number of nitrogens with zero attached hydrogens (tertiary/aromatic N) is 4. The van der Waals surface area contributed by atoms with Crippen LogP contribution in [0.5, 0.6) is 5.75 Å². The summed E-state index contributed by atoms with van der Waals surface area (Å²) in [5.41, 5.74) is 2.57. The number of carbonyl (C=O) groups excluding carboxylic acids is 1. The van der Waals surface area contributed by atoms with Gasteiger partial charge in [0.25, 0.3) is 11.5 Å². The highest BCUT2D eigenvalue weighted by Gasteiger charge is 2.33. The van der Waals surface area contributed by atoms with Gasteiger partial charge >= 0.3 is 0 Å². The Kier molecular flexibility index (Phi) is 7.06. The third-order valence-corrected chi connectivity index (χ3v) is 7.73. The number of morpholine rings is 1. The van der Waals surface area contributed by atoms with E-state index in [1.54, 1.807) is 24.3 Å². The summed E-state index contributed by atoms with van der Waals surface area (Å²) in [4.78, 5) is 36.1. The monoisotopic (exact) mass is 536 g/mol. The Morgan fingerprint density at radius 1 is 1.14 bits per heavy atom. The number of rotatable bonds is 5. The molecule has 37 heavy (non-hydrogen) atoms. The van der Waals surface area contributed by atoms with Gasteiger partial charge in [-0.1, -0.05) is 42.2 Å². The van der Waals surface area contributed by atoms with Crippen LogP contribution in [0, 0.1) is 6.92 Å². The van der Waals surface area contributed by atoms with Crippen LogP contribution in [0.25, 0.3) is 11.7 Å². The van der Waals surface area contributed by atoms with E-state index in [1.165, 1.54) is 16.2 Å². The fourth-order valence-electron chi connectivity index (χ4n) is 4.65. The first-order chi connectivity index (χ1) is 17.7. The normalized spacial score (nSPS) is 21.4.